The average molecular weight is 303 g/mol. The molecule has 1 aromatic carbocycles. The first-order valence-corrected chi connectivity index (χ1v) is 8.12. The van der Waals surface area contributed by atoms with Gasteiger partial charge in [0.05, 0.1) is 6.42 Å². The summed E-state index contributed by atoms with van der Waals surface area (Å²) in [6.07, 6.45) is 7.16. The van der Waals surface area contributed by atoms with E-state index in [1.807, 2.05) is 0 Å². The molecule has 4 nitrogen and oxygen atoms in total. The van der Waals surface area contributed by atoms with E-state index in [-0.39, 0.29) is 18.9 Å². The van der Waals surface area contributed by atoms with Crippen molar-refractivity contribution in [2.24, 2.45) is 0 Å². The fourth-order valence-corrected chi connectivity index (χ4v) is 2.96. The highest BCUT2D eigenvalue weighted by Gasteiger charge is 2.11. The van der Waals surface area contributed by atoms with Crippen LogP contribution in [0.3, 0.4) is 0 Å². The van der Waals surface area contributed by atoms with Gasteiger partial charge in [-0.3, -0.25) is 9.59 Å². The van der Waals surface area contributed by atoms with Crippen molar-refractivity contribution in [3.8, 4) is 0 Å². The molecule has 0 fully saturated rings. The lowest BCUT2D eigenvalue weighted by atomic mass is 9.89. The van der Waals surface area contributed by atoms with Gasteiger partial charge in [-0.15, -0.1) is 0 Å². The molecule has 1 aliphatic rings. The molecule has 0 aliphatic heterocycles. The number of hydrogen-bond donors (Lipinski definition) is 1. The smallest absolute Gasteiger partial charge is 0.305 e. The molecule has 120 valence electrons. The maximum Gasteiger partial charge on any atom is 0.305 e. The van der Waals surface area contributed by atoms with E-state index in [2.05, 4.69) is 18.2 Å². The van der Waals surface area contributed by atoms with Crippen LogP contribution in [0, 0.1) is 0 Å². The molecule has 22 heavy (non-hydrogen) atoms. The molecule has 0 bridgehead atoms. The number of nitrogens with zero attached hydrogens (tertiary/aromatic N) is 1. The molecule has 2 rings (SSSR count). The quantitative estimate of drug-likeness (QED) is 0.842. The summed E-state index contributed by atoms with van der Waals surface area (Å²) in [7, 11) is 1.67. The number of carboxylic acid groups (broad SMARTS) is 1. The molecule has 4 heteroatoms. The SMILES string of the molecule is CN(CCC(=O)O)C(=O)CCCc1ccc2c(c1)CCCC2. The fourth-order valence-electron chi connectivity index (χ4n) is 2.96. The monoisotopic (exact) mass is 303 g/mol. The van der Waals surface area contributed by atoms with E-state index in [1.165, 1.54) is 47.3 Å². The summed E-state index contributed by atoms with van der Waals surface area (Å²) in [4.78, 5) is 23.9. The van der Waals surface area contributed by atoms with Crippen LogP contribution in [0.1, 0.15) is 48.8 Å². The summed E-state index contributed by atoms with van der Waals surface area (Å²) >= 11 is 0. The van der Waals surface area contributed by atoms with E-state index < -0.39 is 5.97 Å². The maximum absolute atomic E-state index is 11.9. The first-order valence-electron chi connectivity index (χ1n) is 8.12. The summed E-state index contributed by atoms with van der Waals surface area (Å²) < 4.78 is 0. The van der Waals surface area contributed by atoms with Crippen LogP contribution in [0.4, 0.5) is 0 Å². The van der Waals surface area contributed by atoms with Crippen molar-refractivity contribution < 1.29 is 14.7 Å². The Morgan fingerprint density at radius 3 is 2.59 bits per heavy atom. The molecule has 0 saturated heterocycles. The predicted octanol–water partition coefficient (Wildman–Crippen LogP) is 2.82. The summed E-state index contributed by atoms with van der Waals surface area (Å²) in [5.74, 6) is -0.840. The van der Waals surface area contributed by atoms with Gasteiger partial charge < -0.3 is 10.0 Å². The van der Waals surface area contributed by atoms with Crippen LogP contribution in [-0.4, -0.2) is 35.5 Å². The van der Waals surface area contributed by atoms with Gasteiger partial charge in [-0.2, -0.15) is 0 Å². The molecule has 1 amide bonds. The van der Waals surface area contributed by atoms with Gasteiger partial charge in [-0.25, -0.2) is 0 Å². The van der Waals surface area contributed by atoms with Gasteiger partial charge in [0.2, 0.25) is 5.91 Å². The Bertz CT molecular complexity index is 539. The number of carbonyl (C=O) groups excluding carboxylic acids is 1. The van der Waals surface area contributed by atoms with Crippen molar-refractivity contribution in [1.29, 1.82) is 0 Å². The average Bonchev–Trinajstić information content (AvgIpc) is 2.52. The van der Waals surface area contributed by atoms with Crippen LogP contribution < -0.4 is 0 Å². The van der Waals surface area contributed by atoms with Gasteiger partial charge in [0.1, 0.15) is 0 Å². The molecular formula is C18H25NO3. The van der Waals surface area contributed by atoms with Crippen molar-refractivity contribution in [2.75, 3.05) is 13.6 Å². The first-order chi connectivity index (χ1) is 10.6. The predicted molar refractivity (Wildman–Crippen MR) is 85.9 cm³/mol. The highest BCUT2D eigenvalue weighted by molar-refractivity contribution is 5.76. The number of benzene rings is 1. The fraction of sp³-hybridized carbons (Fsp3) is 0.556. The minimum Gasteiger partial charge on any atom is -0.481 e. The molecule has 1 N–H and O–H groups in total. The molecule has 0 radical (unpaired) electrons. The van der Waals surface area contributed by atoms with Gasteiger partial charge >= 0.3 is 5.97 Å². The summed E-state index contributed by atoms with van der Waals surface area (Å²) in [6, 6.07) is 6.72. The van der Waals surface area contributed by atoms with Crippen molar-refractivity contribution >= 4 is 11.9 Å². The number of carboxylic acids is 1. The van der Waals surface area contributed by atoms with Crippen molar-refractivity contribution in [3.63, 3.8) is 0 Å². The van der Waals surface area contributed by atoms with Crippen LogP contribution in [0.25, 0.3) is 0 Å². The van der Waals surface area contributed by atoms with E-state index in [1.54, 1.807) is 7.05 Å². The van der Waals surface area contributed by atoms with E-state index >= 15 is 0 Å². The minimum atomic E-state index is -0.867. The third-order valence-corrected chi connectivity index (χ3v) is 4.36. The number of aliphatic carboxylic acids is 1. The highest BCUT2D eigenvalue weighted by atomic mass is 16.4. The van der Waals surface area contributed by atoms with Gasteiger partial charge in [-0.05, 0) is 55.2 Å². The lowest BCUT2D eigenvalue weighted by Crippen LogP contribution is -2.28. The molecule has 0 aromatic heterocycles. The molecular weight excluding hydrogens is 278 g/mol. The Kier molecular flexibility index (Phi) is 5.99. The number of aryl methyl sites for hydroxylation is 3. The molecule has 0 saturated carbocycles. The van der Waals surface area contributed by atoms with Gasteiger partial charge in [0.25, 0.3) is 0 Å². The number of carbonyl (C=O) groups is 2. The summed E-state index contributed by atoms with van der Waals surface area (Å²) in [6.45, 7) is 0.285. The Balaban J connectivity index is 1.76. The van der Waals surface area contributed by atoms with Crippen LogP contribution in [0.2, 0.25) is 0 Å². The third kappa shape index (κ3) is 4.86. The maximum atomic E-state index is 11.9. The first kappa shape index (κ1) is 16.5. The Morgan fingerprint density at radius 1 is 1.14 bits per heavy atom. The largest absolute Gasteiger partial charge is 0.481 e. The van der Waals surface area contributed by atoms with E-state index in [9.17, 15) is 9.59 Å². The Hall–Kier alpha value is -1.84. The van der Waals surface area contributed by atoms with E-state index in [4.69, 9.17) is 5.11 Å². The zero-order chi connectivity index (χ0) is 15.9. The van der Waals surface area contributed by atoms with E-state index in [0.717, 1.165) is 12.8 Å². The summed E-state index contributed by atoms with van der Waals surface area (Å²) in [5, 5.41) is 8.63. The van der Waals surface area contributed by atoms with Crippen molar-refractivity contribution in [3.05, 3.63) is 34.9 Å². The van der Waals surface area contributed by atoms with Crippen molar-refractivity contribution in [1.82, 2.24) is 4.90 Å². The summed E-state index contributed by atoms with van der Waals surface area (Å²) in [5.41, 5.74) is 4.27. The number of amides is 1. The highest BCUT2D eigenvalue weighted by Crippen LogP contribution is 2.22. The van der Waals surface area contributed by atoms with Gasteiger partial charge in [0, 0.05) is 20.0 Å². The van der Waals surface area contributed by atoms with Crippen molar-refractivity contribution in [2.45, 2.75) is 51.4 Å². The second kappa shape index (κ2) is 7.97. The van der Waals surface area contributed by atoms with E-state index in [0.29, 0.717) is 6.42 Å². The number of hydrogen-bond acceptors (Lipinski definition) is 2. The molecule has 0 unspecified atom stereocenters. The zero-order valence-corrected chi connectivity index (χ0v) is 13.3. The molecule has 0 atom stereocenters. The number of fused-ring (bicyclic) bond motifs is 1. The topological polar surface area (TPSA) is 57.6 Å². The third-order valence-electron chi connectivity index (χ3n) is 4.36. The second-order valence-electron chi connectivity index (χ2n) is 6.12. The molecule has 1 aliphatic carbocycles. The Labute approximate surface area is 132 Å². The van der Waals surface area contributed by atoms with Gasteiger partial charge in [-0.1, -0.05) is 18.2 Å². The molecule has 1 aromatic rings. The van der Waals surface area contributed by atoms with Crippen LogP contribution in [0.15, 0.2) is 18.2 Å². The lowest BCUT2D eigenvalue weighted by Gasteiger charge is -2.17. The zero-order valence-electron chi connectivity index (χ0n) is 13.3. The standard InChI is InChI=1S/C18H25NO3/c1-19(12-11-18(21)22)17(20)8-4-5-14-9-10-15-6-2-3-7-16(15)13-14/h9-10,13H,2-8,11-12H2,1H3,(H,21,22). The van der Waals surface area contributed by atoms with Gasteiger partial charge in [0.15, 0.2) is 0 Å². The minimum absolute atomic E-state index is 0.00701. The van der Waals surface area contributed by atoms with Crippen LogP contribution in [0.5, 0.6) is 0 Å². The Morgan fingerprint density at radius 2 is 1.86 bits per heavy atom. The second-order valence-corrected chi connectivity index (χ2v) is 6.12. The molecule has 0 heterocycles. The normalized spacial score (nSPS) is 13.5. The van der Waals surface area contributed by atoms with Crippen LogP contribution in [-0.2, 0) is 28.9 Å². The number of rotatable bonds is 7. The lowest BCUT2D eigenvalue weighted by molar-refractivity contribution is -0.138. The molecule has 0 spiro atoms. The van der Waals surface area contributed by atoms with Crippen LogP contribution >= 0.6 is 0 Å².